The Morgan fingerprint density at radius 2 is 2.00 bits per heavy atom. The van der Waals surface area contributed by atoms with Crippen molar-refractivity contribution in [3.8, 4) is 0 Å². The molecule has 0 radical (unpaired) electrons. The van der Waals surface area contributed by atoms with Crippen molar-refractivity contribution in [2.24, 2.45) is 0 Å². The van der Waals surface area contributed by atoms with E-state index in [1.165, 1.54) is 12.8 Å². The number of hydrogen-bond acceptors (Lipinski definition) is 3. The Balaban J connectivity index is 1.91. The molecular weight excluding hydrogens is 250 g/mol. The first-order chi connectivity index (χ1) is 9.72. The molecule has 2 rings (SSSR count). The van der Waals surface area contributed by atoms with Crippen molar-refractivity contribution >= 4 is 11.6 Å². The van der Waals surface area contributed by atoms with Crippen LogP contribution in [0.25, 0.3) is 0 Å². The zero-order chi connectivity index (χ0) is 14.4. The molecule has 20 heavy (non-hydrogen) atoms. The number of likely N-dealkylation sites (tertiary alicyclic amines) is 1. The SMILES string of the molecule is CCNc1ccccc1C(=O)NCC(C)N1CCCC1. The first-order valence-corrected chi connectivity index (χ1v) is 7.57. The largest absolute Gasteiger partial charge is 0.385 e. The van der Waals surface area contributed by atoms with Crippen LogP contribution in [0.15, 0.2) is 24.3 Å². The van der Waals surface area contributed by atoms with Crippen LogP contribution in [-0.4, -0.2) is 43.0 Å². The van der Waals surface area contributed by atoms with Gasteiger partial charge in [-0.05, 0) is 51.9 Å². The summed E-state index contributed by atoms with van der Waals surface area (Å²) in [5, 5.41) is 6.28. The van der Waals surface area contributed by atoms with Crippen LogP contribution in [0.5, 0.6) is 0 Å². The van der Waals surface area contributed by atoms with E-state index in [2.05, 4.69) is 22.5 Å². The number of anilines is 1. The zero-order valence-corrected chi connectivity index (χ0v) is 12.5. The average Bonchev–Trinajstić information content (AvgIpc) is 2.99. The fourth-order valence-corrected chi connectivity index (χ4v) is 2.67. The number of benzene rings is 1. The van der Waals surface area contributed by atoms with Gasteiger partial charge in [-0.15, -0.1) is 0 Å². The summed E-state index contributed by atoms with van der Waals surface area (Å²) in [5.41, 5.74) is 1.63. The Hall–Kier alpha value is -1.55. The lowest BCUT2D eigenvalue weighted by Crippen LogP contribution is -2.40. The highest BCUT2D eigenvalue weighted by molar-refractivity contribution is 5.99. The number of nitrogens with one attached hydrogen (secondary N) is 2. The predicted octanol–water partition coefficient (Wildman–Crippen LogP) is 2.33. The zero-order valence-electron chi connectivity index (χ0n) is 12.5. The average molecular weight is 275 g/mol. The van der Waals surface area contributed by atoms with E-state index in [4.69, 9.17) is 0 Å². The summed E-state index contributed by atoms with van der Waals surface area (Å²) in [6.45, 7) is 8.05. The summed E-state index contributed by atoms with van der Waals surface area (Å²) in [6.07, 6.45) is 2.56. The van der Waals surface area contributed by atoms with Crippen LogP contribution in [0, 0.1) is 0 Å². The van der Waals surface area contributed by atoms with Crippen LogP contribution in [0.1, 0.15) is 37.0 Å². The van der Waals surface area contributed by atoms with E-state index in [9.17, 15) is 4.79 Å². The van der Waals surface area contributed by atoms with Gasteiger partial charge in [0.25, 0.3) is 5.91 Å². The van der Waals surface area contributed by atoms with Crippen LogP contribution in [0.4, 0.5) is 5.69 Å². The van der Waals surface area contributed by atoms with Crippen LogP contribution in [0.3, 0.4) is 0 Å². The van der Waals surface area contributed by atoms with E-state index < -0.39 is 0 Å². The second-order valence-corrected chi connectivity index (χ2v) is 5.38. The van der Waals surface area contributed by atoms with Crippen LogP contribution < -0.4 is 10.6 Å². The number of carbonyl (C=O) groups excluding carboxylic acids is 1. The van der Waals surface area contributed by atoms with E-state index in [0.29, 0.717) is 12.6 Å². The van der Waals surface area contributed by atoms with E-state index in [-0.39, 0.29) is 5.91 Å². The summed E-state index contributed by atoms with van der Waals surface area (Å²) >= 11 is 0. The summed E-state index contributed by atoms with van der Waals surface area (Å²) < 4.78 is 0. The Bertz CT molecular complexity index is 441. The second-order valence-electron chi connectivity index (χ2n) is 5.38. The van der Waals surface area contributed by atoms with Crippen molar-refractivity contribution in [2.45, 2.75) is 32.7 Å². The van der Waals surface area contributed by atoms with E-state index in [1.807, 2.05) is 31.2 Å². The molecule has 1 aromatic carbocycles. The minimum atomic E-state index is 0.00703. The van der Waals surface area contributed by atoms with E-state index in [0.717, 1.165) is 30.9 Å². The van der Waals surface area contributed by atoms with Gasteiger partial charge in [-0.3, -0.25) is 9.69 Å². The van der Waals surface area contributed by atoms with Crippen LogP contribution >= 0.6 is 0 Å². The fourth-order valence-electron chi connectivity index (χ4n) is 2.67. The maximum atomic E-state index is 12.3. The Morgan fingerprint density at radius 3 is 2.70 bits per heavy atom. The van der Waals surface area contributed by atoms with Gasteiger partial charge in [-0.2, -0.15) is 0 Å². The third-order valence-electron chi connectivity index (χ3n) is 3.86. The highest BCUT2D eigenvalue weighted by Gasteiger charge is 2.19. The molecule has 1 aliphatic rings. The van der Waals surface area contributed by atoms with Gasteiger partial charge in [0, 0.05) is 24.8 Å². The number of nitrogens with zero attached hydrogens (tertiary/aromatic N) is 1. The molecule has 1 aromatic rings. The molecule has 1 amide bonds. The first-order valence-electron chi connectivity index (χ1n) is 7.57. The third kappa shape index (κ3) is 3.73. The quantitative estimate of drug-likeness (QED) is 0.837. The molecule has 1 saturated heterocycles. The number of rotatable bonds is 6. The fraction of sp³-hybridized carbons (Fsp3) is 0.562. The number of hydrogen-bond donors (Lipinski definition) is 2. The molecule has 2 N–H and O–H groups in total. The molecule has 4 nitrogen and oxygen atoms in total. The summed E-state index contributed by atoms with van der Waals surface area (Å²) in [5.74, 6) is 0.00703. The molecule has 0 aliphatic carbocycles. The van der Waals surface area contributed by atoms with Gasteiger partial charge in [0.2, 0.25) is 0 Å². The van der Waals surface area contributed by atoms with Gasteiger partial charge in [0.15, 0.2) is 0 Å². The molecule has 1 atom stereocenters. The van der Waals surface area contributed by atoms with Crippen molar-refractivity contribution in [3.63, 3.8) is 0 Å². The highest BCUT2D eigenvalue weighted by atomic mass is 16.1. The van der Waals surface area contributed by atoms with Crippen molar-refractivity contribution in [2.75, 3.05) is 31.5 Å². The Kier molecular flexibility index (Phi) is 5.41. The summed E-state index contributed by atoms with van der Waals surface area (Å²) in [6, 6.07) is 8.07. The van der Waals surface area contributed by atoms with Crippen LogP contribution in [0.2, 0.25) is 0 Å². The lowest BCUT2D eigenvalue weighted by molar-refractivity contribution is 0.0941. The Morgan fingerprint density at radius 1 is 1.30 bits per heavy atom. The first kappa shape index (κ1) is 14.9. The van der Waals surface area contributed by atoms with Crippen LogP contribution in [-0.2, 0) is 0 Å². The lowest BCUT2D eigenvalue weighted by Gasteiger charge is -2.24. The molecule has 0 bridgehead atoms. The van der Waals surface area contributed by atoms with E-state index in [1.54, 1.807) is 0 Å². The van der Waals surface area contributed by atoms with Gasteiger partial charge in [-0.1, -0.05) is 12.1 Å². The predicted molar refractivity (Wildman–Crippen MR) is 83.2 cm³/mol. The smallest absolute Gasteiger partial charge is 0.253 e. The third-order valence-corrected chi connectivity index (χ3v) is 3.86. The van der Waals surface area contributed by atoms with Crippen molar-refractivity contribution in [1.29, 1.82) is 0 Å². The molecular formula is C16H25N3O. The Labute approximate surface area is 121 Å². The molecule has 0 spiro atoms. The minimum Gasteiger partial charge on any atom is -0.385 e. The maximum Gasteiger partial charge on any atom is 0.253 e. The van der Waals surface area contributed by atoms with Gasteiger partial charge in [-0.25, -0.2) is 0 Å². The monoisotopic (exact) mass is 275 g/mol. The normalized spacial score (nSPS) is 16.9. The molecule has 0 aromatic heterocycles. The molecule has 1 fully saturated rings. The summed E-state index contributed by atoms with van der Waals surface area (Å²) in [4.78, 5) is 14.7. The maximum absolute atomic E-state index is 12.3. The number of amides is 1. The molecule has 0 saturated carbocycles. The van der Waals surface area contributed by atoms with Crippen molar-refractivity contribution in [3.05, 3.63) is 29.8 Å². The van der Waals surface area contributed by atoms with Crippen molar-refractivity contribution in [1.82, 2.24) is 10.2 Å². The number of para-hydroxylation sites is 1. The molecule has 1 aliphatic heterocycles. The molecule has 1 heterocycles. The highest BCUT2D eigenvalue weighted by Crippen LogP contribution is 2.15. The molecule has 1 unspecified atom stereocenters. The second kappa shape index (κ2) is 7.29. The van der Waals surface area contributed by atoms with Gasteiger partial charge in [0.05, 0.1) is 5.56 Å². The lowest BCUT2D eigenvalue weighted by atomic mass is 10.1. The number of carbonyl (C=O) groups is 1. The standard InChI is InChI=1S/C16H25N3O/c1-3-17-15-9-5-4-8-14(15)16(20)18-12-13(2)19-10-6-7-11-19/h4-5,8-9,13,17H,3,6-7,10-12H2,1-2H3,(H,18,20). The van der Waals surface area contributed by atoms with Crippen molar-refractivity contribution < 1.29 is 4.79 Å². The van der Waals surface area contributed by atoms with Gasteiger partial charge in [0.1, 0.15) is 0 Å². The van der Waals surface area contributed by atoms with Gasteiger partial charge < -0.3 is 10.6 Å². The van der Waals surface area contributed by atoms with E-state index >= 15 is 0 Å². The molecule has 110 valence electrons. The molecule has 4 heteroatoms. The van der Waals surface area contributed by atoms with Gasteiger partial charge >= 0.3 is 0 Å². The minimum absolute atomic E-state index is 0.00703. The topological polar surface area (TPSA) is 44.4 Å². The summed E-state index contributed by atoms with van der Waals surface area (Å²) in [7, 11) is 0.